The molecular formula is C22H27N3O5. The molecule has 0 saturated heterocycles. The number of hydrogen-bond donors (Lipinski definition) is 4. The molecular weight excluding hydrogens is 386 g/mol. The molecule has 0 saturated carbocycles. The third kappa shape index (κ3) is 7.92. The molecule has 0 aliphatic carbocycles. The predicted octanol–water partition coefficient (Wildman–Crippen LogP) is 1.85. The zero-order chi connectivity index (χ0) is 21.8. The van der Waals surface area contributed by atoms with Crippen LogP contribution in [0, 0.1) is 0 Å². The molecule has 0 aliphatic heterocycles. The van der Waals surface area contributed by atoms with Gasteiger partial charge in [0.05, 0.1) is 6.61 Å². The number of benzene rings is 2. The fraction of sp³-hybridized carbons (Fsp3) is 0.318. The van der Waals surface area contributed by atoms with E-state index in [-0.39, 0.29) is 32.1 Å². The summed E-state index contributed by atoms with van der Waals surface area (Å²) in [7, 11) is 0. The summed E-state index contributed by atoms with van der Waals surface area (Å²) < 4.78 is 5.63. The van der Waals surface area contributed by atoms with Gasteiger partial charge in [0.2, 0.25) is 5.91 Å². The Balaban J connectivity index is 1.87. The fourth-order valence-corrected chi connectivity index (χ4v) is 3.04. The van der Waals surface area contributed by atoms with Crippen molar-refractivity contribution in [3.8, 4) is 0 Å². The van der Waals surface area contributed by atoms with Gasteiger partial charge < -0.3 is 26.2 Å². The summed E-state index contributed by atoms with van der Waals surface area (Å²) in [5.41, 5.74) is 7.09. The van der Waals surface area contributed by atoms with E-state index in [2.05, 4.69) is 10.6 Å². The van der Waals surface area contributed by atoms with E-state index < -0.39 is 23.9 Å². The normalized spacial score (nSPS) is 11.6. The first-order chi connectivity index (χ1) is 14.5. The van der Waals surface area contributed by atoms with Crippen molar-refractivity contribution in [1.82, 2.24) is 10.6 Å². The van der Waals surface area contributed by atoms with Crippen LogP contribution < -0.4 is 16.4 Å². The summed E-state index contributed by atoms with van der Waals surface area (Å²) in [6, 6.07) is 17.9. The second-order valence-corrected chi connectivity index (χ2v) is 6.78. The van der Waals surface area contributed by atoms with Gasteiger partial charge in [0.25, 0.3) is 0 Å². The van der Waals surface area contributed by atoms with Crippen LogP contribution in [0.4, 0.5) is 4.79 Å². The summed E-state index contributed by atoms with van der Waals surface area (Å²) in [5, 5.41) is 14.1. The van der Waals surface area contributed by atoms with Crippen LogP contribution in [0.5, 0.6) is 0 Å². The first-order valence-corrected chi connectivity index (χ1v) is 9.70. The Hall–Kier alpha value is -3.39. The summed E-state index contributed by atoms with van der Waals surface area (Å²) >= 11 is 0. The second-order valence-electron chi connectivity index (χ2n) is 6.78. The van der Waals surface area contributed by atoms with E-state index >= 15 is 0 Å². The fourth-order valence-electron chi connectivity index (χ4n) is 3.04. The molecule has 0 spiro atoms. The van der Waals surface area contributed by atoms with Crippen LogP contribution in [0.15, 0.2) is 60.7 Å². The van der Waals surface area contributed by atoms with E-state index in [0.717, 1.165) is 11.1 Å². The highest BCUT2D eigenvalue weighted by Crippen LogP contribution is 2.24. The number of nitrogens with two attached hydrogens (primary N) is 1. The molecule has 0 unspecified atom stereocenters. The van der Waals surface area contributed by atoms with E-state index in [0.29, 0.717) is 6.42 Å². The Kier molecular flexibility index (Phi) is 9.33. The van der Waals surface area contributed by atoms with Gasteiger partial charge in [0.15, 0.2) is 0 Å². The van der Waals surface area contributed by atoms with E-state index in [1.54, 1.807) is 0 Å². The van der Waals surface area contributed by atoms with Crippen molar-refractivity contribution in [1.29, 1.82) is 0 Å². The van der Waals surface area contributed by atoms with Crippen molar-refractivity contribution < 1.29 is 24.2 Å². The van der Waals surface area contributed by atoms with Gasteiger partial charge in [-0.2, -0.15) is 0 Å². The molecule has 1 atom stereocenters. The zero-order valence-corrected chi connectivity index (χ0v) is 16.6. The van der Waals surface area contributed by atoms with Gasteiger partial charge in [-0.3, -0.25) is 4.79 Å². The largest absolute Gasteiger partial charge is 0.480 e. The predicted molar refractivity (Wildman–Crippen MR) is 112 cm³/mol. The Bertz CT molecular complexity index is 775. The number of rotatable bonds is 12. The number of nitrogens with one attached hydrogen (secondary N) is 2. The molecule has 0 radical (unpaired) electrons. The van der Waals surface area contributed by atoms with Crippen LogP contribution in [-0.2, 0) is 14.3 Å². The van der Waals surface area contributed by atoms with Crippen LogP contribution >= 0.6 is 0 Å². The van der Waals surface area contributed by atoms with Crippen LogP contribution in [0.25, 0.3) is 0 Å². The maximum atomic E-state index is 12.2. The molecule has 8 heteroatoms. The molecule has 2 aromatic carbocycles. The van der Waals surface area contributed by atoms with Gasteiger partial charge in [-0.15, -0.1) is 0 Å². The maximum Gasteiger partial charge on any atom is 0.326 e. The third-order valence-electron chi connectivity index (χ3n) is 4.52. The lowest BCUT2D eigenvalue weighted by atomic mass is 9.92. The number of primary amides is 1. The zero-order valence-electron chi connectivity index (χ0n) is 16.6. The first kappa shape index (κ1) is 22.9. The van der Waals surface area contributed by atoms with E-state index in [1.807, 2.05) is 60.7 Å². The summed E-state index contributed by atoms with van der Waals surface area (Å²) in [4.78, 5) is 34.2. The lowest BCUT2D eigenvalue weighted by molar-refractivity contribution is -0.142. The summed E-state index contributed by atoms with van der Waals surface area (Å²) in [6.07, 6.45) is 0.531. The summed E-state index contributed by atoms with van der Waals surface area (Å²) in [5.74, 6) is -1.70. The Morgan fingerprint density at radius 3 is 2.03 bits per heavy atom. The minimum absolute atomic E-state index is 0.0460. The quantitative estimate of drug-likeness (QED) is 0.395. The molecule has 0 aromatic heterocycles. The molecule has 0 bridgehead atoms. The molecule has 30 heavy (non-hydrogen) atoms. The van der Waals surface area contributed by atoms with Gasteiger partial charge in [-0.25, -0.2) is 9.59 Å². The lowest BCUT2D eigenvalue weighted by Gasteiger charge is -2.19. The number of carbonyl (C=O) groups is 3. The number of hydrogen-bond acceptors (Lipinski definition) is 4. The van der Waals surface area contributed by atoms with Crippen molar-refractivity contribution in [3.05, 3.63) is 71.8 Å². The second kappa shape index (κ2) is 12.2. The summed E-state index contributed by atoms with van der Waals surface area (Å²) in [6.45, 7) is 0.266. The highest BCUT2D eigenvalue weighted by atomic mass is 16.5. The van der Waals surface area contributed by atoms with Crippen molar-refractivity contribution in [2.45, 2.75) is 24.8 Å². The Labute approximate surface area is 175 Å². The van der Waals surface area contributed by atoms with E-state index in [9.17, 15) is 19.5 Å². The van der Waals surface area contributed by atoms with Crippen LogP contribution in [-0.4, -0.2) is 48.8 Å². The monoisotopic (exact) mass is 413 g/mol. The standard InChI is InChI=1S/C22H27N3O5/c23-22(29)24-13-7-12-19(21(27)28)25-20(26)15-30-14-18(16-8-3-1-4-9-16)17-10-5-2-6-11-17/h1-6,8-11,18-19H,7,12-15H2,(H,25,26)(H,27,28)(H3,23,24,29)/t19-/m0/s1. The minimum Gasteiger partial charge on any atom is -0.480 e. The van der Waals surface area contributed by atoms with Crippen molar-refractivity contribution in [2.24, 2.45) is 5.73 Å². The molecule has 0 fully saturated rings. The number of aliphatic carboxylic acids is 1. The molecule has 0 heterocycles. The topological polar surface area (TPSA) is 131 Å². The molecule has 2 aromatic rings. The first-order valence-electron chi connectivity index (χ1n) is 9.70. The van der Waals surface area contributed by atoms with Gasteiger partial charge in [0, 0.05) is 12.5 Å². The number of ether oxygens (including phenoxy) is 1. The van der Waals surface area contributed by atoms with Crippen molar-refractivity contribution in [3.63, 3.8) is 0 Å². The van der Waals surface area contributed by atoms with Gasteiger partial charge in [-0.05, 0) is 24.0 Å². The highest BCUT2D eigenvalue weighted by Gasteiger charge is 2.20. The molecule has 0 aliphatic rings. The van der Waals surface area contributed by atoms with Gasteiger partial charge in [0.1, 0.15) is 12.6 Å². The smallest absolute Gasteiger partial charge is 0.326 e. The molecule has 8 nitrogen and oxygen atoms in total. The minimum atomic E-state index is -1.14. The number of amides is 3. The Morgan fingerprint density at radius 2 is 1.53 bits per heavy atom. The third-order valence-corrected chi connectivity index (χ3v) is 4.52. The number of carbonyl (C=O) groups excluding carboxylic acids is 2. The molecule has 5 N–H and O–H groups in total. The number of carboxylic acids is 1. The maximum absolute atomic E-state index is 12.2. The SMILES string of the molecule is NC(=O)NCCC[C@H](NC(=O)COCC(c1ccccc1)c1ccccc1)C(=O)O. The lowest BCUT2D eigenvalue weighted by Crippen LogP contribution is -2.43. The average molecular weight is 413 g/mol. The van der Waals surface area contributed by atoms with Gasteiger partial charge in [-0.1, -0.05) is 60.7 Å². The van der Waals surface area contributed by atoms with E-state index in [1.165, 1.54) is 0 Å². The number of urea groups is 1. The molecule has 160 valence electrons. The Morgan fingerprint density at radius 1 is 0.967 bits per heavy atom. The highest BCUT2D eigenvalue weighted by molar-refractivity contribution is 5.84. The van der Waals surface area contributed by atoms with E-state index in [4.69, 9.17) is 10.5 Å². The molecule has 3 amide bonds. The van der Waals surface area contributed by atoms with Gasteiger partial charge >= 0.3 is 12.0 Å². The molecule has 2 rings (SSSR count). The average Bonchev–Trinajstić information content (AvgIpc) is 2.74. The van der Waals surface area contributed by atoms with Crippen molar-refractivity contribution >= 4 is 17.9 Å². The van der Waals surface area contributed by atoms with Crippen molar-refractivity contribution in [2.75, 3.05) is 19.8 Å². The van der Waals surface area contributed by atoms with Crippen LogP contribution in [0.3, 0.4) is 0 Å². The van der Waals surface area contributed by atoms with Crippen LogP contribution in [0.1, 0.15) is 29.9 Å². The number of carboxylic acid groups (broad SMARTS) is 1. The van der Waals surface area contributed by atoms with Crippen LogP contribution in [0.2, 0.25) is 0 Å².